The number of fused-ring (bicyclic) bond motifs is 1. The molecule has 3 aromatic rings. The maximum atomic E-state index is 13.7. The van der Waals surface area contributed by atoms with E-state index < -0.39 is 53.2 Å². The number of para-hydroxylation sites is 1. The lowest BCUT2D eigenvalue weighted by Crippen LogP contribution is -2.63. The third-order valence-corrected chi connectivity index (χ3v) is 7.14. The van der Waals surface area contributed by atoms with E-state index in [0.29, 0.717) is 21.5 Å². The van der Waals surface area contributed by atoms with Crippen LogP contribution < -0.4 is 16.2 Å². The minimum absolute atomic E-state index is 0.0916. The zero-order valence-corrected chi connectivity index (χ0v) is 22.2. The second-order valence-electron chi connectivity index (χ2n) is 9.26. The number of aromatic amines is 1. The van der Waals surface area contributed by atoms with Gasteiger partial charge in [-0.1, -0.05) is 43.6 Å². The summed E-state index contributed by atoms with van der Waals surface area (Å²) in [4.78, 5) is 65.9. The van der Waals surface area contributed by atoms with Crippen molar-refractivity contribution in [3.05, 3.63) is 81.1 Å². The largest absolute Gasteiger partial charge is 0.481 e. The maximum absolute atomic E-state index is 13.7. The predicted octanol–water partition coefficient (Wildman–Crippen LogP) is 3.37. The average Bonchev–Trinajstić information content (AvgIpc) is 2.89. The van der Waals surface area contributed by atoms with Gasteiger partial charge in [0.2, 0.25) is 11.5 Å². The quantitative estimate of drug-likeness (QED) is 0.228. The van der Waals surface area contributed by atoms with Gasteiger partial charge >= 0.3 is 11.9 Å². The zero-order valence-electron chi connectivity index (χ0n) is 21.5. The Bertz CT molecular complexity index is 1440. The van der Waals surface area contributed by atoms with Crippen molar-refractivity contribution in [3.63, 3.8) is 0 Å². The molecule has 0 saturated heterocycles. The van der Waals surface area contributed by atoms with Crippen LogP contribution in [0.1, 0.15) is 49.0 Å². The van der Waals surface area contributed by atoms with Gasteiger partial charge in [0.25, 0.3) is 5.91 Å². The van der Waals surface area contributed by atoms with Crippen LogP contribution in [0, 0.1) is 5.92 Å². The molecule has 3 rings (SSSR count). The first-order valence-corrected chi connectivity index (χ1v) is 12.8. The third-order valence-electron chi connectivity index (χ3n) is 6.88. The highest BCUT2D eigenvalue weighted by Crippen LogP contribution is 2.29. The second kappa shape index (κ2) is 12.6. The van der Waals surface area contributed by atoms with Crippen LogP contribution in [0.25, 0.3) is 10.9 Å². The van der Waals surface area contributed by atoms with E-state index in [4.69, 9.17) is 11.6 Å². The molecular weight excluding hydrogens is 526 g/mol. The number of amides is 2. The fraction of sp³-hybridized carbons (Fsp3) is 0.321. The number of benzene rings is 2. The van der Waals surface area contributed by atoms with Crippen molar-refractivity contribution in [2.45, 2.75) is 51.1 Å². The molecule has 0 fully saturated rings. The van der Waals surface area contributed by atoms with Gasteiger partial charge in [0, 0.05) is 39.9 Å². The van der Waals surface area contributed by atoms with E-state index in [0.717, 1.165) is 0 Å². The molecule has 0 radical (unpaired) electrons. The molecule has 206 valence electrons. The number of nitrogens with one attached hydrogen (secondary N) is 3. The minimum Gasteiger partial charge on any atom is -0.481 e. The normalized spacial score (nSPS) is 14.1. The Balaban J connectivity index is 2.04. The van der Waals surface area contributed by atoms with Crippen molar-refractivity contribution in [1.29, 1.82) is 0 Å². The molecule has 1 aromatic heterocycles. The van der Waals surface area contributed by atoms with Crippen LogP contribution >= 0.6 is 11.6 Å². The molecule has 0 aliphatic heterocycles. The summed E-state index contributed by atoms with van der Waals surface area (Å²) in [6.07, 6.45) is -0.527. The van der Waals surface area contributed by atoms with Crippen molar-refractivity contribution in [2.24, 2.45) is 5.92 Å². The number of hydrogen-bond donors (Lipinski definition) is 5. The Morgan fingerprint density at radius 3 is 2.28 bits per heavy atom. The van der Waals surface area contributed by atoms with Gasteiger partial charge in [0.1, 0.15) is 11.6 Å². The van der Waals surface area contributed by atoms with E-state index in [2.05, 4.69) is 15.6 Å². The first-order valence-electron chi connectivity index (χ1n) is 12.4. The predicted molar refractivity (Wildman–Crippen MR) is 146 cm³/mol. The lowest BCUT2D eigenvalue weighted by Gasteiger charge is -2.37. The first kappa shape index (κ1) is 29.4. The molecule has 3 unspecified atom stereocenters. The number of carbonyl (C=O) groups is 4. The minimum atomic E-state index is -1.90. The van der Waals surface area contributed by atoms with Crippen LogP contribution in [0.5, 0.6) is 0 Å². The summed E-state index contributed by atoms with van der Waals surface area (Å²) in [6, 6.07) is 13.0. The molecule has 10 nitrogen and oxygen atoms in total. The van der Waals surface area contributed by atoms with Gasteiger partial charge in [-0.2, -0.15) is 0 Å². The monoisotopic (exact) mass is 555 g/mol. The van der Waals surface area contributed by atoms with Crippen molar-refractivity contribution in [1.82, 2.24) is 15.6 Å². The summed E-state index contributed by atoms with van der Waals surface area (Å²) >= 11 is 5.92. The summed E-state index contributed by atoms with van der Waals surface area (Å²) in [5.41, 5.74) is -1.10. The van der Waals surface area contributed by atoms with Gasteiger partial charge in [-0.3, -0.25) is 19.2 Å². The molecule has 39 heavy (non-hydrogen) atoms. The molecule has 3 atom stereocenters. The van der Waals surface area contributed by atoms with Crippen molar-refractivity contribution in [2.75, 3.05) is 0 Å². The fourth-order valence-electron chi connectivity index (χ4n) is 4.76. The molecule has 0 spiro atoms. The van der Waals surface area contributed by atoms with Gasteiger partial charge in [0.15, 0.2) is 0 Å². The smallest absolute Gasteiger partial charge is 0.329 e. The van der Waals surface area contributed by atoms with Gasteiger partial charge < -0.3 is 25.8 Å². The van der Waals surface area contributed by atoms with E-state index in [9.17, 15) is 34.2 Å². The molecular formula is C28H30ClN3O7. The van der Waals surface area contributed by atoms with E-state index in [-0.39, 0.29) is 24.8 Å². The van der Waals surface area contributed by atoms with Gasteiger partial charge in [0.05, 0.1) is 6.42 Å². The SMILES string of the molecule is CCC(CC(=O)O)C(CC)(NC(=O)C(Cc1cc(=O)[nH]c2ccccc12)NC(=O)c1ccc(Cl)cc1)C(=O)O. The highest BCUT2D eigenvalue weighted by molar-refractivity contribution is 6.30. The number of carbonyl (C=O) groups excluding carboxylic acids is 2. The van der Waals surface area contributed by atoms with Crippen LogP contribution in [0.3, 0.4) is 0 Å². The van der Waals surface area contributed by atoms with E-state index in [1.165, 1.54) is 30.3 Å². The molecule has 2 amide bonds. The number of rotatable bonds is 12. The van der Waals surface area contributed by atoms with Crippen LogP contribution in [-0.2, 0) is 20.8 Å². The number of H-pyrrole nitrogens is 1. The molecule has 0 aliphatic carbocycles. The lowest BCUT2D eigenvalue weighted by molar-refractivity contribution is -0.153. The zero-order chi connectivity index (χ0) is 28.7. The van der Waals surface area contributed by atoms with Crippen LogP contribution in [-0.4, -0.2) is 50.5 Å². The number of pyridine rings is 1. The summed E-state index contributed by atoms with van der Waals surface area (Å²) in [7, 11) is 0. The number of carboxylic acids is 2. The van der Waals surface area contributed by atoms with E-state index in [1.54, 1.807) is 38.1 Å². The van der Waals surface area contributed by atoms with Gasteiger partial charge in [-0.05, 0) is 48.7 Å². The third kappa shape index (κ3) is 6.83. The summed E-state index contributed by atoms with van der Waals surface area (Å²) < 4.78 is 0. The summed E-state index contributed by atoms with van der Waals surface area (Å²) in [6.45, 7) is 3.19. The second-order valence-corrected chi connectivity index (χ2v) is 9.70. The highest BCUT2D eigenvalue weighted by Gasteiger charge is 2.46. The van der Waals surface area contributed by atoms with Gasteiger partial charge in [-0.15, -0.1) is 0 Å². The topological polar surface area (TPSA) is 166 Å². The Hall–Kier alpha value is -4.18. The Morgan fingerprint density at radius 2 is 1.69 bits per heavy atom. The first-order chi connectivity index (χ1) is 18.5. The fourth-order valence-corrected chi connectivity index (χ4v) is 4.89. The number of aromatic nitrogens is 1. The summed E-state index contributed by atoms with van der Waals surface area (Å²) in [5, 5.41) is 25.8. The molecule has 0 saturated carbocycles. The Labute approximate surface area is 229 Å². The van der Waals surface area contributed by atoms with Crippen molar-refractivity contribution in [3.8, 4) is 0 Å². The number of aliphatic carboxylic acids is 2. The molecule has 5 N–H and O–H groups in total. The standard InChI is InChI=1S/C28H30ClN3O7/c1-3-18(15-24(34)35)28(4-2,27(38)39)32-26(37)22(31-25(36)16-9-11-19(29)12-10-16)13-17-14-23(33)30-21-8-6-5-7-20(17)21/h5-12,14,18,22H,3-4,13,15H2,1-2H3,(H,30,33)(H,31,36)(H,32,37)(H,34,35)(H,38,39). The van der Waals surface area contributed by atoms with Crippen LogP contribution in [0.2, 0.25) is 5.02 Å². The van der Waals surface area contributed by atoms with E-state index >= 15 is 0 Å². The molecule has 1 heterocycles. The lowest BCUT2D eigenvalue weighted by atomic mass is 9.77. The number of carboxylic acid groups (broad SMARTS) is 2. The number of hydrogen-bond acceptors (Lipinski definition) is 5. The summed E-state index contributed by atoms with van der Waals surface area (Å²) in [5.74, 6) is -4.94. The molecule has 0 aliphatic rings. The Kier molecular flexibility index (Phi) is 9.47. The van der Waals surface area contributed by atoms with Gasteiger partial charge in [-0.25, -0.2) is 4.79 Å². The molecule has 2 aromatic carbocycles. The molecule has 0 bridgehead atoms. The maximum Gasteiger partial charge on any atom is 0.329 e. The van der Waals surface area contributed by atoms with Crippen LogP contribution in [0.4, 0.5) is 0 Å². The Morgan fingerprint density at radius 1 is 1.03 bits per heavy atom. The van der Waals surface area contributed by atoms with Crippen molar-refractivity contribution < 1.29 is 29.4 Å². The highest BCUT2D eigenvalue weighted by atomic mass is 35.5. The average molecular weight is 556 g/mol. The number of halogens is 1. The van der Waals surface area contributed by atoms with Crippen LogP contribution in [0.15, 0.2) is 59.4 Å². The molecule has 11 heteroatoms. The van der Waals surface area contributed by atoms with E-state index in [1.807, 2.05) is 0 Å². The van der Waals surface area contributed by atoms with Crippen molar-refractivity contribution >= 4 is 46.3 Å².